The summed E-state index contributed by atoms with van der Waals surface area (Å²) in [4.78, 5) is 38.4. The van der Waals surface area contributed by atoms with E-state index in [-0.39, 0.29) is 24.3 Å². The number of amides is 4. The average Bonchev–Trinajstić information content (AvgIpc) is 2.66. The SMILES string of the molecule is CC1(C)NC(=O)N(CC(=O)N2CC(Oc3ccccc3F)C2)C1=O. The Labute approximate surface area is 138 Å². The van der Waals surface area contributed by atoms with Crippen molar-refractivity contribution in [2.45, 2.75) is 25.5 Å². The molecule has 4 amide bonds. The minimum Gasteiger partial charge on any atom is -0.484 e. The Bertz CT molecular complexity index is 700. The van der Waals surface area contributed by atoms with Gasteiger partial charge in [-0.3, -0.25) is 14.5 Å². The highest BCUT2D eigenvalue weighted by molar-refractivity contribution is 6.08. The second kappa shape index (κ2) is 5.77. The molecular formula is C16H18FN3O4. The van der Waals surface area contributed by atoms with Crippen LogP contribution < -0.4 is 10.1 Å². The quantitative estimate of drug-likeness (QED) is 0.824. The number of ether oxygens (including phenoxy) is 1. The van der Waals surface area contributed by atoms with Crippen LogP contribution in [0.15, 0.2) is 24.3 Å². The standard InChI is InChI=1S/C16H18FN3O4/c1-16(2)14(22)20(15(23)18-16)9-13(21)19-7-10(8-19)24-12-6-4-3-5-11(12)17/h3-6,10H,7-9H2,1-2H3,(H,18,23). The monoisotopic (exact) mass is 335 g/mol. The number of hydrogen-bond donors (Lipinski definition) is 1. The summed E-state index contributed by atoms with van der Waals surface area (Å²) in [6, 6.07) is 5.49. The van der Waals surface area contributed by atoms with Crippen molar-refractivity contribution in [3.8, 4) is 5.75 Å². The maximum Gasteiger partial charge on any atom is 0.325 e. The van der Waals surface area contributed by atoms with Gasteiger partial charge in [0.1, 0.15) is 18.2 Å². The Morgan fingerprint density at radius 3 is 2.58 bits per heavy atom. The maximum atomic E-state index is 13.5. The molecule has 0 saturated carbocycles. The summed E-state index contributed by atoms with van der Waals surface area (Å²) in [7, 11) is 0. The molecule has 0 atom stereocenters. The summed E-state index contributed by atoms with van der Waals surface area (Å²) in [5, 5.41) is 2.52. The molecule has 3 rings (SSSR count). The zero-order valence-corrected chi connectivity index (χ0v) is 13.4. The van der Waals surface area contributed by atoms with E-state index in [0.29, 0.717) is 13.1 Å². The highest BCUT2D eigenvalue weighted by atomic mass is 19.1. The van der Waals surface area contributed by atoms with Gasteiger partial charge in [-0.25, -0.2) is 9.18 Å². The minimum atomic E-state index is -0.997. The van der Waals surface area contributed by atoms with Crippen LogP contribution in [0, 0.1) is 5.82 Å². The molecule has 1 aromatic rings. The fraction of sp³-hybridized carbons (Fsp3) is 0.438. The fourth-order valence-corrected chi connectivity index (χ4v) is 2.63. The number of hydrogen-bond acceptors (Lipinski definition) is 4. The minimum absolute atomic E-state index is 0.144. The Balaban J connectivity index is 1.51. The third-order valence-electron chi connectivity index (χ3n) is 4.07. The van der Waals surface area contributed by atoms with Gasteiger partial charge in [-0.05, 0) is 26.0 Å². The Hall–Kier alpha value is -2.64. The predicted octanol–water partition coefficient (Wildman–Crippen LogP) is 0.746. The van der Waals surface area contributed by atoms with E-state index < -0.39 is 23.3 Å². The molecule has 2 fully saturated rings. The van der Waals surface area contributed by atoms with Crippen molar-refractivity contribution in [2.75, 3.05) is 19.6 Å². The van der Waals surface area contributed by atoms with E-state index in [1.54, 1.807) is 26.0 Å². The lowest BCUT2D eigenvalue weighted by molar-refractivity contribution is -0.144. The van der Waals surface area contributed by atoms with Crippen LogP contribution in [0.3, 0.4) is 0 Å². The lowest BCUT2D eigenvalue weighted by Crippen LogP contribution is -2.58. The summed E-state index contributed by atoms with van der Waals surface area (Å²) < 4.78 is 19.0. The van der Waals surface area contributed by atoms with Crippen LogP contribution in [-0.2, 0) is 9.59 Å². The van der Waals surface area contributed by atoms with Crippen molar-refractivity contribution in [2.24, 2.45) is 0 Å². The number of carbonyl (C=O) groups is 3. The number of nitrogens with one attached hydrogen (secondary N) is 1. The molecule has 0 unspecified atom stereocenters. The Kier molecular flexibility index (Phi) is 3.90. The first-order valence-corrected chi connectivity index (χ1v) is 7.61. The number of halogens is 1. The van der Waals surface area contributed by atoms with Crippen molar-refractivity contribution in [3.05, 3.63) is 30.1 Å². The van der Waals surface area contributed by atoms with Gasteiger partial charge in [0, 0.05) is 0 Å². The summed E-state index contributed by atoms with van der Waals surface area (Å²) in [6.45, 7) is 3.44. The van der Waals surface area contributed by atoms with E-state index in [4.69, 9.17) is 4.74 Å². The van der Waals surface area contributed by atoms with E-state index >= 15 is 0 Å². The normalized spacial score (nSPS) is 20.0. The van der Waals surface area contributed by atoms with Crippen LogP contribution in [0.25, 0.3) is 0 Å². The van der Waals surface area contributed by atoms with Crippen molar-refractivity contribution >= 4 is 17.8 Å². The Morgan fingerprint density at radius 1 is 1.33 bits per heavy atom. The van der Waals surface area contributed by atoms with Crippen molar-refractivity contribution in [1.82, 2.24) is 15.1 Å². The Morgan fingerprint density at radius 2 is 2.00 bits per heavy atom. The van der Waals surface area contributed by atoms with E-state index in [1.807, 2.05) is 0 Å². The van der Waals surface area contributed by atoms with E-state index in [9.17, 15) is 18.8 Å². The first-order chi connectivity index (χ1) is 11.3. The van der Waals surface area contributed by atoms with Crippen molar-refractivity contribution in [1.29, 1.82) is 0 Å². The molecule has 7 nitrogen and oxygen atoms in total. The largest absolute Gasteiger partial charge is 0.484 e. The summed E-state index contributed by atoms with van der Waals surface area (Å²) in [6.07, 6.45) is -0.301. The molecule has 0 spiro atoms. The third kappa shape index (κ3) is 2.91. The highest BCUT2D eigenvalue weighted by Crippen LogP contribution is 2.22. The molecule has 2 heterocycles. The summed E-state index contributed by atoms with van der Waals surface area (Å²) in [5.74, 6) is -1.08. The molecule has 1 N–H and O–H groups in total. The zero-order valence-electron chi connectivity index (χ0n) is 13.4. The number of carbonyl (C=O) groups excluding carboxylic acids is 3. The van der Waals surface area contributed by atoms with E-state index in [1.165, 1.54) is 17.0 Å². The van der Waals surface area contributed by atoms with E-state index in [2.05, 4.69) is 5.32 Å². The number of imide groups is 1. The number of rotatable bonds is 4. The number of para-hydroxylation sites is 1. The van der Waals surface area contributed by atoms with Gasteiger partial charge in [-0.2, -0.15) is 0 Å². The van der Waals surface area contributed by atoms with Gasteiger partial charge >= 0.3 is 6.03 Å². The molecule has 128 valence electrons. The molecule has 24 heavy (non-hydrogen) atoms. The summed E-state index contributed by atoms with van der Waals surface area (Å²) >= 11 is 0. The summed E-state index contributed by atoms with van der Waals surface area (Å²) in [5.41, 5.74) is -0.997. The van der Waals surface area contributed by atoms with Crippen LogP contribution in [0.4, 0.5) is 9.18 Å². The van der Waals surface area contributed by atoms with Crippen LogP contribution in [-0.4, -0.2) is 58.9 Å². The topological polar surface area (TPSA) is 79.0 Å². The molecule has 0 bridgehead atoms. The lowest BCUT2D eigenvalue weighted by Gasteiger charge is -2.39. The number of benzene rings is 1. The van der Waals surface area contributed by atoms with Gasteiger partial charge in [0.2, 0.25) is 5.91 Å². The molecule has 2 aliphatic rings. The van der Waals surface area contributed by atoms with Gasteiger partial charge in [0.15, 0.2) is 11.6 Å². The van der Waals surface area contributed by atoms with Gasteiger partial charge < -0.3 is 15.0 Å². The molecule has 0 aromatic heterocycles. The van der Waals surface area contributed by atoms with Crippen LogP contribution >= 0.6 is 0 Å². The van der Waals surface area contributed by atoms with Crippen LogP contribution in [0.2, 0.25) is 0 Å². The molecule has 8 heteroatoms. The maximum absolute atomic E-state index is 13.5. The van der Waals surface area contributed by atoms with Crippen molar-refractivity contribution in [3.63, 3.8) is 0 Å². The molecule has 0 radical (unpaired) electrons. The fourth-order valence-electron chi connectivity index (χ4n) is 2.63. The number of nitrogens with zero attached hydrogens (tertiary/aromatic N) is 2. The second-order valence-corrected chi connectivity index (χ2v) is 6.42. The van der Waals surface area contributed by atoms with Crippen LogP contribution in [0.5, 0.6) is 5.75 Å². The predicted molar refractivity (Wildman–Crippen MR) is 81.7 cm³/mol. The van der Waals surface area contributed by atoms with Gasteiger partial charge in [-0.15, -0.1) is 0 Å². The second-order valence-electron chi connectivity index (χ2n) is 6.42. The molecule has 0 aliphatic carbocycles. The smallest absolute Gasteiger partial charge is 0.325 e. The van der Waals surface area contributed by atoms with Gasteiger partial charge in [0.25, 0.3) is 5.91 Å². The van der Waals surface area contributed by atoms with E-state index in [0.717, 1.165) is 4.90 Å². The number of likely N-dealkylation sites (tertiary alicyclic amines) is 1. The average molecular weight is 335 g/mol. The molecule has 2 saturated heterocycles. The molecular weight excluding hydrogens is 317 g/mol. The number of urea groups is 1. The first-order valence-electron chi connectivity index (χ1n) is 7.61. The third-order valence-corrected chi connectivity index (χ3v) is 4.07. The van der Waals surface area contributed by atoms with Crippen molar-refractivity contribution < 1.29 is 23.5 Å². The van der Waals surface area contributed by atoms with Crippen LogP contribution in [0.1, 0.15) is 13.8 Å². The first kappa shape index (κ1) is 16.2. The lowest BCUT2D eigenvalue weighted by atomic mass is 10.1. The highest BCUT2D eigenvalue weighted by Gasteiger charge is 2.46. The molecule has 1 aromatic carbocycles. The molecule has 2 aliphatic heterocycles. The van der Waals surface area contributed by atoms with Gasteiger partial charge in [-0.1, -0.05) is 12.1 Å². The zero-order chi connectivity index (χ0) is 17.5. The van der Waals surface area contributed by atoms with Gasteiger partial charge in [0.05, 0.1) is 13.1 Å².